The van der Waals surface area contributed by atoms with Crippen LogP contribution in [0, 0.1) is 11.7 Å². The van der Waals surface area contributed by atoms with Crippen LogP contribution in [0.25, 0.3) is 11.3 Å². The summed E-state index contributed by atoms with van der Waals surface area (Å²) < 4.78 is 14.3. The number of hydrogen-bond donors (Lipinski definition) is 0. The number of rotatable bonds is 4. The van der Waals surface area contributed by atoms with Crippen molar-refractivity contribution in [2.75, 3.05) is 0 Å². The summed E-state index contributed by atoms with van der Waals surface area (Å²) in [7, 11) is 0. The van der Waals surface area contributed by atoms with Crippen molar-refractivity contribution in [2.24, 2.45) is 5.92 Å². The minimum absolute atomic E-state index is 0.164. The largest absolute Gasteiger partial charge is 0.256 e. The van der Waals surface area contributed by atoms with Gasteiger partial charge < -0.3 is 0 Å². The Kier molecular flexibility index (Phi) is 5.09. The fourth-order valence-corrected chi connectivity index (χ4v) is 3.61. The first kappa shape index (κ1) is 16.2. The molecule has 2 aromatic rings. The maximum Gasteiger partial charge on any atom is 0.132 e. The van der Waals surface area contributed by atoms with Gasteiger partial charge in [0.25, 0.3) is 0 Å². The minimum Gasteiger partial charge on any atom is -0.256 e. The number of aryl methyl sites for hydroxylation is 1. The predicted molar refractivity (Wildman–Crippen MR) is 94.0 cm³/mol. The zero-order chi connectivity index (χ0) is 16.2. The molecule has 1 fully saturated rings. The van der Waals surface area contributed by atoms with E-state index in [-0.39, 0.29) is 5.82 Å². The molecule has 0 aliphatic heterocycles. The van der Waals surface area contributed by atoms with Gasteiger partial charge in [-0.15, -0.1) is 0 Å². The van der Waals surface area contributed by atoms with Crippen LogP contribution in [-0.2, 0) is 6.42 Å². The number of hydrogen-bond acceptors (Lipinski definition) is 1. The van der Waals surface area contributed by atoms with Crippen molar-refractivity contribution in [1.29, 1.82) is 0 Å². The van der Waals surface area contributed by atoms with E-state index in [1.165, 1.54) is 31.2 Å². The van der Waals surface area contributed by atoms with Gasteiger partial charge in [-0.25, -0.2) is 4.39 Å². The van der Waals surface area contributed by atoms with Crippen LogP contribution in [-0.4, -0.2) is 4.98 Å². The molecular formula is C21H26FN. The van der Waals surface area contributed by atoms with Crippen molar-refractivity contribution in [3.63, 3.8) is 0 Å². The molecule has 122 valence electrons. The Morgan fingerprint density at radius 2 is 1.87 bits per heavy atom. The van der Waals surface area contributed by atoms with Gasteiger partial charge in [0, 0.05) is 11.8 Å². The Morgan fingerprint density at radius 1 is 1.09 bits per heavy atom. The van der Waals surface area contributed by atoms with Crippen LogP contribution < -0.4 is 0 Å². The summed E-state index contributed by atoms with van der Waals surface area (Å²) in [6.07, 6.45) is 9.02. The molecule has 1 aliphatic rings. The summed E-state index contributed by atoms with van der Waals surface area (Å²) in [5, 5.41) is 0. The summed E-state index contributed by atoms with van der Waals surface area (Å²) in [5.74, 6) is 1.32. The first-order chi connectivity index (χ1) is 11.2. The molecule has 1 nitrogen and oxygen atoms in total. The lowest BCUT2D eigenvalue weighted by Crippen LogP contribution is -2.11. The highest BCUT2D eigenvalue weighted by molar-refractivity contribution is 5.60. The second kappa shape index (κ2) is 7.25. The maximum atomic E-state index is 14.3. The maximum absolute atomic E-state index is 14.3. The Bertz CT molecular complexity index is 639. The Hall–Kier alpha value is -1.70. The SMILES string of the molecule is CCCc1ccc(-c2ccc(C3CCC(C)CC3)cn2)c(F)c1. The summed E-state index contributed by atoms with van der Waals surface area (Å²) >= 11 is 0. The standard InChI is InChI=1S/C21H26FN/c1-3-4-16-7-11-19(20(22)13-16)21-12-10-18(14-23-21)17-8-5-15(2)6-9-17/h7,10-15,17H,3-6,8-9H2,1-2H3. The van der Waals surface area contributed by atoms with Gasteiger partial charge in [-0.3, -0.25) is 4.98 Å². The molecule has 1 saturated carbocycles. The number of nitrogens with zero attached hydrogens (tertiary/aromatic N) is 1. The lowest BCUT2D eigenvalue weighted by atomic mass is 9.80. The van der Waals surface area contributed by atoms with E-state index >= 15 is 0 Å². The monoisotopic (exact) mass is 311 g/mol. The van der Waals surface area contributed by atoms with Crippen LogP contribution in [0.15, 0.2) is 36.5 Å². The summed E-state index contributed by atoms with van der Waals surface area (Å²) in [4.78, 5) is 4.54. The third-order valence-corrected chi connectivity index (χ3v) is 5.12. The molecule has 1 heterocycles. The van der Waals surface area contributed by atoms with E-state index in [1.54, 1.807) is 6.07 Å². The fraction of sp³-hybridized carbons (Fsp3) is 0.476. The zero-order valence-corrected chi connectivity index (χ0v) is 14.2. The topological polar surface area (TPSA) is 12.9 Å². The van der Waals surface area contributed by atoms with Crippen LogP contribution in [0.2, 0.25) is 0 Å². The lowest BCUT2D eigenvalue weighted by molar-refractivity contribution is 0.347. The van der Waals surface area contributed by atoms with Crippen LogP contribution in [0.4, 0.5) is 4.39 Å². The second-order valence-electron chi connectivity index (χ2n) is 7.00. The fourth-order valence-electron chi connectivity index (χ4n) is 3.61. The van der Waals surface area contributed by atoms with Crippen LogP contribution in [0.1, 0.15) is 63.0 Å². The third kappa shape index (κ3) is 3.80. The van der Waals surface area contributed by atoms with Crippen LogP contribution in [0.3, 0.4) is 0 Å². The highest BCUT2D eigenvalue weighted by atomic mass is 19.1. The molecule has 2 heteroatoms. The first-order valence-corrected chi connectivity index (χ1v) is 8.92. The molecule has 0 bridgehead atoms. The van der Waals surface area contributed by atoms with Crippen molar-refractivity contribution in [3.8, 4) is 11.3 Å². The van der Waals surface area contributed by atoms with Gasteiger partial charge in [0.15, 0.2) is 0 Å². The molecule has 0 radical (unpaired) electrons. The van der Waals surface area contributed by atoms with Crippen molar-refractivity contribution in [3.05, 3.63) is 53.5 Å². The summed E-state index contributed by atoms with van der Waals surface area (Å²) in [6, 6.07) is 9.65. The van der Waals surface area contributed by atoms with E-state index in [0.29, 0.717) is 11.5 Å². The number of halogens is 1. The van der Waals surface area contributed by atoms with Gasteiger partial charge in [-0.1, -0.05) is 45.2 Å². The van der Waals surface area contributed by atoms with Gasteiger partial charge in [-0.2, -0.15) is 0 Å². The molecule has 1 aromatic carbocycles. The van der Waals surface area contributed by atoms with Gasteiger partial charge in [0.1, 0.15) is 5.82 Å². The van der Waals surface area contributed by atoms with E-state index in [1.807, 2.05) is 24.4 Å². The molecule has 23 heavy (non-hydrogen) atoms. The Morgan fingerprint density at radius 3 is 2.48 bits per heavy atom. The Balaban J connectivity index is 1.77. The summed E-state index contributed by atoms with van der Waals surface area (Å²) in [5.41, 5.74) is 3.71. The molecule has 0 saturated heterocycles. The number of pyridine rings is 1. The zero-order valence-electron chi connectivity index (χ0n) is 14.2. The van der Waals surface area contributed by atoms with Crippen molar-refractivity contribution in [2.45, 2.75) is 58.3 Å². The van der Waals surface area contributed by atoms with E-state index in [4.69, 9.17) is 0 Å². The minimum atomic E-state index is -0.164. The molecule has 0 N–H and O–H groups in total. The van der Waals surface area contributed by atoms with Gasteiger partial charge in [0.05, 0.1) is 5.69 Å². The molecule has 3 rings (SSSR count). The molecule has 0 spiro atoms. The average Bonchev–Trinajstić information content (AvgIpc) is 2.56. The second-order valence-corrected chi connectivity index (χ2v) is 7.00. The van der Waals surface area contributed by atoms with Crippen molar-refractivity contribution < 1.29 is 4.39 Å². The third-order valence-electron chi connectivity index (χ3n) is 5.12. The molecule has 1 aromatic heterocycles. The van der Waals surface area contributed by atoms with E-state index in [2.05, 4.69) is 24.9 Å². The quantitative estimate of drug-likeness (QED) is 0.661. The van der Waals surface area contributed by atoms with Crippen LogP contribution in [0.5, 0.6) is 0 Å². The van der Waals surface area contributed by atoms with Gasteiger partial charge >= 0.3 is 0 Å². The van der Waals surface area contributed by atoms with Gasteiger partial charge in [-0.05, 0) is 60.4 Å². The van der Waals surface area contributed by atoms with Gasteiger partial charge in [0.2, 0.25) is 0 Å². The normalized spacial score (nSPS) is 21.3. The Labute approximate surface area is 139 Å². The first-order valence-electron chi connectivity index (χ1n) is 8.92. The van der Waals surface area contributed by atoms with Crippen molar-refractivity contribution >= 4 is 0 Å². The molecule has 0 unspecified atom stereocenters. The lowest BCUT2D eigenvalue weighted by Gasteiger charge is -2.26. The molecule has 0 amide bonds. The molecule has 0 atom stereocenters. The van der Waals surface area contributed by atoms with Crippen LogP contribution >= 0.6 is 0 Å². The highest BCUT2D eigenvalue weighted by Gasteiger charge is 2.20. The van der Waals surface area contributed by atoms with E-state index < -0.39 is 0 Å². The smallest absolute Gasteiger partial charge is 0.132 e. The highest BCUT2D eigenvalue weighted by Crippen LogP contribution is 2.35. The van der Waals surface area contributed by atoms with E-state index in [9.17, 15) is 4.39 Å². The summed E-state index contributed by atoms with van der Waals surface area (Å²) in [6.45, 7) is 4.45. The predicted octanol–water partition coefficient (Wildman–Crippen LogP) is 6.13. The number of aromatic nitrogens is 1. The van der Waals surface area contributed by atoms with Crippen molar-refractivity contribution in [1.82, 2.24) is 4.98 Å². The molecule has 1 aliphatic carbocycles. The average molecular weight is 311 g/mol. The molecular weight excluding hydrogens is 285 g/mol. The van der Waals surface area contributed by atoms with E-state index in [0.717, 1.165) is 30.0 Å². The number of benzene rings is 1.